The molecule has 2 nitrogen and oxygen atoms in total. The van der Waals surface area contributed by atoms with Crippen LogP contribution in [0.5, 0.6) is 0 Å². The molecule has 0 aromatic heterocycles. The average Bonchev–Trinajstić information content (AvgIpc) is 2.42. The fraction of sp³-hybridized carbons (Fsp3) is 1.00. The molecule has 1 N–H and O–H groups in total. The van der Waals surface area contributed by atoms with E-state index in [9.17, 15) is 0 Å². The summed E-state index contributed by atoms with van der Waals surface area (Å²) >= 11 is 0. The summed E-state index contributed by atoms with van der Waals surface area (Å²) in [5, 5.41) is 3.51. The normalized spacial score (nSPS) is 26.5. The second-order valence-electron chi connectivity index (χ2n) is 6.14. The Morgan fingerprint density at radius 1 is 1.11 bits per heavy atom. The summed E-state index contributed by atoms with van der Waals surface area (Å²) < 4.78 is 0. The monoisotopic (exact) mass is 254 g/mol. The zero-order valence-electron chi connectivity index (χ0n) is 13.0. The van der Waals surface area contributed by atoms with E-state index in [1.165, 1.54) is 51.5 Å². The van der Waals surface area contributed by atoms with Gasteiger partial charge in [-0.2, -0.15) is 0 Å². The van der Waals surface area contributed by atoms with Gasteiger partial charge in [0, 0.05) is 12.1 Å². The summed E-state index contributed by atoms with van der Waals surface area (Å²) in [6, 6.07) is 1.56. The Hall–Kier alpha value is -0.0800. The minimum absolute atomic E-state index is 0.720. The molecule has 0 aromatic carbocycles. The van der Waals surface area contributed by atoms with Crippen molar-refractivity contribution >= 4 is 0 Å². The standard InChI is InChI=1S/C16H34N2/c1-5-12-17-13-11-14(3)18(4)16-9-7-15(6-2)8-10-16/h14-17H,5-13H2,1-4H3. The van der Waals surface area contributed by atoms with Gasteiger partial charge in [-0.3, -0.25) is 0 Å². The molecule has 0 amide bonds. The Balaban J connectivity index is 2.20. The van der Waals surface area contributed by atoms with Gasteiger partial charge in [0.05, 0.1) is 0 Å². The molecule has 0 bridgehead atoms. The fourth-order valence-corrected chi connectivity index (χ4v) is 3.14. The first kappa shape index (κ1) is 16.0. The van der Waals surface area contributed by atoms with Gasteiger partial charge < -0.3 is 10.2 Å². The summed E-state index contributed by atoms with van der Waals surface area (Å²) in [5.41, 5.74) is 0. The summed E-state index contributed by atoms with van der Waals surface area (Å²) in [6.45, 7) is 9.30. The molecule has 0 saturated heterocycles. The lowest BCUT2D eigenvalue weighted by molar-refractivity contribution is 0.122. The Morgan fingerprint density at radius 3 is 2.33 bits per heavy atom. The van der Waals surface area contributed by atoms with Crippen molar-refractivity contribution in [2.45, 2.75) is 77.8 Å². The van der Waals surface area contributed by atoms with Crippen molar-refractivity contribution in [2.24, 2.45) is 5.92 Å². The summed E-state index contributed by atoms with van der Waals surface area (Å²) in [4.78, 5) is 2.64. The molecule has 1 fully saturated rings. The molecule has 108 valence electrons. The van der Waals surface area contributed by atoms with E-state index in [0.717, 1.165) is 24.5 Å². The van der Waals surface area contributed by atoms with Gasteiger partial charge in [0.2, 0.25) is 0 Å². The largest absolute Gasteiger partial charge is 0.317 e. The van der Waals surface area contributed by atoms with Crippen molar-refractivity contribution in [2.75, 3.05) is 20.1 Å². The molecule has 0 aliphatic heterocycles. The molecule has 1 aliphatic rings. The predicted octanol–water partition coefficient (Wildman–Crippen LogP) is 3.67. The Labute approximate surface area is 115 Å². The molecule has 2 heteroatoms. The second-order valence-corrected chi connectivity index (χ2v) is 6.14. The Kier molecular flexibility index (Phi) is 7.92. The van der Waals surface area contributed by atoms with Gasteiger partial charge in [0.25, 0.3) is 0 Å². The van der Waals surface area contributed by atoms with Crippen LogP contribution in [-0.2, 0) is 0 Å². The van der Waals surface area contributed by atoms with Gasteiger partial charge in [-0.25, -0.2) is 0 Å². The summed E-state index contributed by atoms with van der Waals surface area (Å²) in [7, 11) is 2.33. The predicted molar refractivity (Wildman–Crippen MR) is 81.0 cm³/mol. The lowest BCUT2D eigenvalue weighted by Crippen LogP contribution is -2.42. The molecular formula is C16H34N2. The molecule has 0 radical (unpaired) electrons. The highest BCUT2D eigenvalue weighted by Crippen LogP contribution is 2.29. The van der Waals surface area contributed by atoms with Crippen LogP contribution >= 0.6 is 0 Å². The molecule has 1 atom stereocenters. The van der Waals surface area contributed by atoms with E-state index in [1.54, 1.807) is 0 Å². The number of rotatable bonds is 8. The lowest BCUT2D eigenvalue weighted by Gasteiger charge is -2.38. The minimum Gasteiger partial charge on any atom is -0.317 e. The molecule has 1 aliphatic carbocycles. The van der Waals surface area contributed by atoms with Crippen LogP contribution in [-0.4, -0.2) is 37.1 Å². The minimum atomic E-state index is 0.720. The zero-order chi connectivity index (χ0) is 13.4. The van der Waals surface area contributed by atoms with Gasteiger partial charge in [0.1, 0.15) is 0 Å². The number of hydrogen-bond donors (Lipinski definition) is 1. The Bertz CT molecular complexity index is 197. The van der Waals surface area contributed by atoms with Crippen LogP contribution in [0.3, 0.4) is 0 Å². The van der Waals surface area contributed by atoms with Crippen LogP contribution in [0.4, 0.5) is 0 Å². The molecular weight excluding hydrogens is 220 g/mol. The Morgan fingerprint density at radius 2 is 1.78 bits per heavy atom. The van der Waals surface area contributed by atoms with Crippen LogP contribution in [0.2, 0.25) is 0 Å². The SMILES string of the molecule is CCCNCCC(C)N(C)C1CCC(CC)CC1. The maximum absolute atomic E-state index is 3.51. The molecule has 0 aromatic rings. The third kappa shape index (κ3) is 5.27. The number of hydrogen-bond acceptors (Lipinski definition) is 2. The van der Waals surface area contributed by atoms with Crippen LogP contribution in [0, 0.1) is 5.92 Å². The third-order valence-electron chi connectivity index (χ3n) is 4.83. The molecule has 0 heterocycles. The van der Waals surface area contributed by atoms with Crippen molar-refractivity contribution < 1.29 is 0 Å². The third-order valence-corrected chi connectivity index (χ3v) is 4.83. The van der Waals surface area contributed by atoms with Crippen LogP contribution in [0.1, 0.15) is 65.7 Å². The summed E-state index contributed by atoms with van der Waals surface area (Å²) in [6.07, 6.45) is 9.64. The average molecular weight is 254 g/mol. The van der Waals surface area contributed by atoms with Crippen molar-refractivity contribution in [3.8, 4) is 0 Å². The van der Waals surface area contributed by atoms with E-state index in [2.05, 4.69) is 38.0 Å². The number of nitrogens with zero attached hydrogens (tertiary/aromatic N) is 1. The highest BCUT2D eigenvalue weighted by molar-refractivity contribution is 4.80. The van der Waals surface area contributed by atoms with E-state index >= 15 is 0 Å². The first-order valence-electron chi connectivity index (χ1n) is 8.11. The van der Waals surface area contributed by atoms with E-state index in [0.29, 0.717) is 0 Å². The molecule has 1 rings (SSSR count). The highest BCUT2D eigenvalue weighted by Gasteiger charge is 2.25. The van der Waals surface area contributed by atoms with E-state index in [4.69, 9.17) is 0 Å². The first-order chi connectivity index (χ1) is 8.69. The van der Waals surface area contributed by atoms with Crippen LogP contribution in [0.25, 0.3) is 0 Å². The van der Waals surface area contributed by atoms with E-state index in [1.807, 2.05) is 0 Å². The van der Waals surface area contributed by atoms with Gasteiger partial charge in [-0.05, 0) is 71.5 Å². The van der Waals surface area contributed by atoms with Crippen molar-refractivity contribution in [3.05, 3.63) is 0 Å². The first-order valence-corrected chi connectivity index (χ1v) is 8.11. The smallest absolute Gasteiger partial charge is 0.00952 e. The molecule has 0 spiro atoms. The van der Waals surface area contributed by atoms with Gasteiger partial charge in [-0.15, -0.1) is 0 Å². The fourth-order valence-electron chi connectivity index (χ4n) is 3.14. The quantitative estimate of drug-likeness (QED) is 0.665. The van der Waals surface area contributed by atoms with Gasteiger partial charge in [-0.1, -0.05) is 20.3 Å². The molecule has 1 saturated carbocycles. The van der Waals surface area contributed by atoms with Crippen LogP contribution < -0.4 is 5.32 Å². The molecule has 1 unspecified atom stereocenters. The van der Waals surface area contributed by atoms with Crippen LogP contribution in [0.15, 0.2) is 0 Å². The van der Waals surface area contributed by atoms with Crippen molar-refractivity contribution in [1.29, 1.82) is 0 Å². The van der Waals surface area contributed by atoms with Gasteiger partial charge >= 0.3 is 0 Å². The maximum Gasteiger partial charge on any atom is 0.00952 e. The zero-order valence-corrected chi connectivity index (χ0v) is 13.0. The van der Waals surface area contributed by atoms with Crippen molar-refractivity contribution in [1.82, 2.24) is 10.2 Å². The summed E-state index contributed by atoms with van der Waals surface area (Å²) in [5.74, 6) is 1.01. The van der Waals surface area contributed by atoms with E-state index < -0.39 is 0 Å². The van der Waals surface area contributed by atoms with Crippen molar-refractivity contribution in [3.63, 3.8) is 0 Å². The topological polar surface area (TPSA) is 15.3 Å². The van der Waals surface area contributed by atoms with Gasteiger partial charge in [0.15, 0.2) is 0 Å². The molecule has 18 heavy (non-hydrogen) atoms. The maximum atomic E-state index is 3.51. The lowest BCUT2D eigenvalue weighted by atomic mass is 9.83. The number of nitrogens with one attached hydrogen (secondary N) is 1. The second kappa shape index (κ2) is 8.92. The highest BCUT2D eigenvalue weighted by atomic mass is 15.2. The van der Waals surface area contributed by atoms with E-state index in [-0.39, 0.29) is 0 Å².